The van der Waals surface area contributed by atoms with Crippen molar-refractivity contribution < 1.29 is 14.6 Å². The fraction of sp³-hybridized carbons (Fsp3) is 0.250. The van der Waals surface area contributed by atoms with Crippen molar-refractivity contribution in [3.8, 4) is 11.4 Å². The molecule has 1 aromatic heterocycles. The summed E-state index contributed by atoms with van der Waals surface area (Å²) in [5, 5.41) is 11.0. The van der Waals surface area contributed by atoms with E-state index in [1.54, 1.807) is 0 Å². The van der Waals surface area contributed by atoms with Gasteiger partial charge in [-0.1, -0.05) is 42.5 Å². The highest BCUT2D eigenvalue weighted by molar-refractivity contribution is 5.93. The lowest BCUT2D eigenvalue weighted by molar-refractivity contribution is -0.142. The van der Waals surface area contributed by atoms with Gasteiger partial charge in [-0.25, -0.2) is 14.8 Å². The van der Waals surface area contributed by atoms with Gasteiger partial charge in [-0.2, -0.15) is 0 Å². The van der Waals surface area contributed by atoms with E-state index in [2.05, 4.69) is 4.98 Å². The Kier molecular flexibility index (Phi) is 4.26. The van der Waals surface area contributed by atoms with Gasteiger partial charge < -0.3 is 14.7 Å². The molecule has 1 N–H and O–H groups in total. The van der Waals surface area contributed by atoms with Gasteiger partial charge in [-0.3, -0.25) is 0 Å². The van der Waals surface area contributed by atoms with Crippen LogP contribution in [-0.2, 0) is 9.53 Å². The molecule has 1 fully saturated rings. The van der Waals surface area contributed by atoms with Gasteiger partial charge in [0.25, 0.3) is 0 Å². The maximum absolute atomic E-state index is 12.2. The molecule has 2 aromatic carbocycles. The molecule has 26 heavy (non-hydrogen) atoms. The molecule has 1 aliphatic rings. The van der Waals surface area contributed by atoms with Gasteiger partial charge in [0.15, 0.2) is 5.82 Å². The standard InChI is InChI=1S/C20H19N3O3/c1-26-20(25)17-11-14(24)12-23(17)19-15-9-5-6-10-16(15)21-18(22-19)13-7-3-2-4-8-13/h2-10,14,17,24H,11-12H2,1H3/t14-,17-/m1/s1. The zero-order chi connectivity index (χ0) is 18.1. The number of aliphatic hydroxyl groups is 1. The third-order valence-electron chi connectivity index (χ3n) is 4.64. The second kappa shape index (κ2) is 6.72. The van der Waals surface area contributed by atoms with Gasteiger partial charge >= 0.3 is 5.97 Å². The third-order valence-corrected chi connectivity index (χ3v) is 4.64. The summed E-state index contributed by atoms with van der Waals surface area (Å²) in [6, 6.07) is 16.8. The molecule has 0 aliphatic carbocycles. The molecule has 6 heteroatoms. The number of β-amino-alcohol motifs (C(OH)–C–C–N with tert-alkyl or cyclic N) is 1. The van der Waals surface area contributed by atoms with Gasteiger partial charge in [0.05, 0.1) is 18.7 Å². The highest BCUT2D eigenvalue weighted by Crippen LogP contribution is 2.32. The van der Waals surface area contributed by atoms with Crippen molar-refractivity contribution in [2.45, 2.75) is 18.6 Å². The van der Waals surface area contributed by atoms with E-state index in [0.717, 1.165) is 16.5 Å². The van der Waals surface area contributed by atoms with Gasteiger partial charge in [0.1, 0.15) is 11.9 Å². The van der Waals surface area contributed by atoms with Gasteiger partial charge in [0, 0.05) is 23.9 Å². The average molecular weight is 349 g/mol. The number of hydrogen-bond donors (Lipinski definition) is 1. The predicted molar refractivity (Wildman–Crippen MR) is 98.7 cm³/mol. The van der Waals surface area contributed by atoms with Crippen LogP contribution in [-0.4, -0.2) is 46.8 Å². The zero-order valence-corrected chi connectivity index (χ0v) is 14.4. The molecule has 6 nitrogen and oxygen atoms in total. The number of ether oxygens (including phenoxy) is 1. The largest absolute Gasteiger partial charge is 0.467 e. The Morgan fingerprint density at radius 3 is 2.62 bits per heavy atom. The number of carbonyl (C=O) groups is 1. The van der Waals surface area contributed by atoms with E-state index >= 15 is 0 Å². The number of anilines is 1. The van der Waals surface area contributed by atoms with Crippen molar-refractivity contribution in [1.29, 1.82) is 0 Å². The first kappa shape index (κ1) is 16.5. The maximum atomic E-state index is 12.2. The number of para-hydroxylation sites is 1. The quantitative estimate of drug-likeness (QED) is 0.732. The minimum Gasteiger partial charge on any atom is -0.467 e. The number of nitrogens with zero attached hydrogens (tertiary/aromatic N) is 3. The monoisotopic (exact) mass is 349 g/mol. The number of benzene rings is 2. The molecular weight excluding hydrogens is 330 g/mol. The lowest BCUT2D eigenvalue weighted by atomic mass is 10.1. The third kappa shape index (κ3) is 2.88. The molecule has 0 amide bonds. The Labute approximate surface area is 151 Å². The molecule has 1 aliphatic heterocycles. The number of rotatable bonds is 3. The Balaban J connectivity index is 1.89. The van der Waals surface area contributed by atoms with Crippen LogP contribution in [0.5, 0.6) is 0 Å². The summed E-state index contributed by atoms with van der Waals surface area (Å²) in [4.78, 5) is 23.5. The molecule has 3 aromatic rings. The van der Waals surface area contributed by atoms with E-state index in [4.69, 9.17) is 9.72 Å². The predicted octanol–water partition coefficient (Wildman–Crippen LogP) is 2.41. The summed E-state index contributed by atoms with van der Waals surface area (Å²) in [6.45, 7) is 0.328. The second-order valence-electron chi connectivity index (χ2n) is 6.33. The lowest BCUT2D eigenvalue weighted by Gasteiger charge is -2.25. The molecule has 132 valence electrons. The van der Waals surface area contributed by atoms with Crippen molar-refractivity contribution in [3.63, 3.8) is 0 Å². The first-order chi connectivity index (χ1) is 12.7. The zero-order valence-electron chi connectivity index (χ0n) is 14.4. The molecule has 2 heterocycles. The van der Waals surface area contributed by atoms with E-state index in [0.29, 0.717) is 24.6 Å². The highest BCUT2D eigenvalue weighted by atomic mass is 16.5. The summed E-state index contributed by atoms with van der Waals surface area (Å²) in [5.41, 5.74) is 1.69. The summed E-state index contributed by atoms with van der Waals surface area (Å²) in [6.07, 6.45) is -0.279. The van der Waals surface area contributed by atoms with Crippen LogP contribution < -0.4 is 4.90 Å². The van der Waals surface area contributed by atoms with Gasteiger partial charge in [-0.05, 0) is 12.1 Å². The van der Waals surface area contributed by atoms with Crippen LogP contribution in [0.4, 0.5) is 5.82 Å². The normalized spacial score (nSPS) is 19.7. The van der Waals surface area contributed by atoms with Crippen molar-refractivity contribution >= 4 is 22.7 Å². The number of fused-ring (bicyclic) bond motifs is 1. The number of carbonyl (C=O) groups excluding carboxylic acids is 1. The fourth-order valence-corrected chi connectivity index (χ4v) is 3.40. The van der Waals surface area contributed by atoms with Crippen LogP contribution in [0.15, 0.2) is 54.6 Å². The molecule has 1 saturated heterocycles. The Hall–Kier alpha value is -2.99. The number of aromatic nitrogens is 2. The first-order valence-corrected chi connectivity index (χ1v) is 8.52. The molecule has 4 rings (SSSR count). The Bertz CT molecular complexity index is 945. The molecule has 0 bridgehead atoms. The van der Waals surface area contributed by atoms with E-state index in [-0.39, 0.29) is 5.97 Å². The van der Waals surface area contributed by atoms with E-state index in [9.17, 15) is 9.90 Å². The smallest absolute Gasteiger partial charge is 0.328 e. The minimum atomic E-state index is -0.604. The van der Waals surface area contributed by atoms with E-state index in [1.807, 2.05) is 59.5 Å². The van der Waals surface area contributed by atoms with Crippen molar-refractivity contribution in [3.05, 3.63) is 54.6 Å². The summed E-state index contributed by atoms with van der Waals surface area (Å²) in [5.74, 6) is 0.858. The highest BCUT2D eigenvalue weighted by Gasteiger charge is 2.38. The van der Waals surface area contributed by atoms with Crippen LogP contribution >= 0.6 is 0 Å². The lowest BCUT2D eigenvalue weighted by Crippen LogP contribution is -2.37. The van der Waals surface area contributed by atoms with Gasteiger partial charge in [-0.15, -0.1) is 0 Å². The van der Waals surface area contributed by atoms with Crippen LogP contribution in [0.2, 0.25) is 0 Å². The SMILES string of the molecule is COC(=O)[C@H]1C[C@@H](O)CN1c1nc(-c2ccccc2)nc2ccccc12. The van der Waals surface area contributed by atoms with Crippen LogP contribution in [0.25, 0.3) is 22.3 Å². The molecular formula is C20H19N3O3. The average Bonchev–Trinajstić information content (AvgIpc) is 3.08. The molecule has 0 spiro atoms. The second-order valence-corrected chi connectivity index (χ2v) is 6.33. The van der Waals surface area contributed by atoms with Gasteiger partial charge in [0.2, 0.25) is 0 Å². The Morgan fingerprint density at radius 2 is 1.85 bits per heavy atom. The Morgan fingerprint density at radius 1 is 1.12 bits per heavy atom. The summed E-state index contributed by atoms with van der Waals surface area (Å²) < 4.78 is 4.93. The topological polar surface area (TPSA) is 75.6 Å². The number of aliphatic hydroxyl groups excluding tert-OH is 1. The van der Waals surface area contributed by atoms with Crippen molar-refractivity contribution in [2.75, 3.05) is 18.6 Å². The van der Waals surface area contributed by atoms with Crippen LogP contribution in [0, 0.1) is 0 Å². The van der Waals surface area contributed by atoms with Crippen LogP contribution in [0.1, 0.15) is 6.42 Å². The van der Waals surface area contributed by atoms with E-state index < -0.39 is 12.1 Å². The summed E-state index contributed by atoms with van der Waals surface area (Å²) in [7, 11) is 1.36. The maximum Gasteiger partial charge on any atom is 0.328 e. The summed E-state index contributed by atoms with van der Waals surface area (Å²) >= 11 is 0. The molecule has 0 saturated carbocycles. The van der Waals surface area contributed by atoms with E-state index in [1.165, 1.54) is 7.11 Å². The first-order valence-electron chi connectivity index (χ1n) is 8.52. The fourth-order valence-electron chi connectivity index (χ4n) is 3.40. The number of methoxy groups -OCH3 is 1. The molecule has 0 radical (unpaired) electrons. The molecule has 2 atom stereocenters. The number of esters is 1. The van der Waals surface area contributed by atoms with Crippen LogP contribution in [0.3, 0.4) is 0 Å². The molecule has 0 unspecified atom stereocenters. The van der Waals surface area contributed by atoms with Crippen molar-refractivity contribution in [2.24, 2.45) is 0 Å². The minimum absolute atomic E-state index is 0.325. The number of hydrogen-bond acceptors (Lipinski definition) is 6. The van der Waals surface area contributed by atoms with Crippen molar-refractivity contribution in [1.82, 2.24) is 9.97 Å².